The fourth-order valence-electron chi connectivity index (χ4n) is 3.65. The number of carbonyl (C=O) groups excluding carboxylic acids is 1. The zero-order chi connectivity index (χ0) is 19.7. The second kappa shape index (κ2) is 7.40. The average Bonchev–Trinajstić information content (AvgIpc) is 3.11. The number of hydrogen-bond acceptors (Lipinski definition) is 4. The van der Waals surface area contributed by atoms with Gasteiger partial charge in [-0.25, -0.2) is 9.31 Å². The zero-order valence-electron chi connectivity index (χ0n) is 16.6. The van der Waals surface area contributed by atoms with Crippen LogP contribution in [0.1, 0.15) is 55.5 Å². The van der Waals surface area contributed by atoms with Crippen molar-refractivity contribution in [2.45, 2.75) is 45.1 Å². The Hall–Kier alpha value is -2.66. The number of esters is 1. The summed E-state index contributed by atoms with van der Waals surface area (Å²) in [5.74, 6) is 0.217. The molecule has 1 saturated heterocycles. The normalized spacial score (nSPS) is 15.7. The van der Waals surface area contributed by atoms with Gasteiger partial charge in [-0.15, -0.1) is 0 Å². The van der Waals surface area contributed by atoms with E-state index >= 15 is 0 Å². The minimum Gasteiger partial charge on any atom is -0.456 e. The van der Waals surface area contributed by atoms with Gasteiger partial charge in [-0.1, -0.05) is 18.2 Å². The maximum Gasteiger partial charge on any atom is 0.338 e. The van der Waals surface area contributed by atoms with Crippen molar-refractivity contribution in [3.05, 3.63) is 59.9 Å². The fourth-order valence-corrected chi connectivity index (χ4v) is 3.65. The molecular formula is C23H26N2O3. The Balaban J connectivity index is 1.64. The summed E-state index contributed by atoms with van der Waals surface area (Å²) >= 11 is 0. The van der Waals surface area contributed by atoms with Crippen LogP contribution in [0.4, 0.5) is 0 Å². The third-order valence-corrected chi connectivity index (χ3v) is 5.04. The molecule has 4 rings (SSSR count). The predicted molar refractivity (Wildman–Crippen MR) is 109 cm³/mol. The lowest BCUT2D eigenvalue weighted by Crippen LogP contribution is -2.23. The summed E-state index contributed by atoms with van der Waals surface area (Å²) in [6.07, 6.45) is 6.08. The van der Waals surface area contributed by atoms with Gasteiger partial charge in [-0.2, -0.15) is 5.10 Å². The quantitative estimate of drug-likeness (QED) is 0.611. The van der Waals surface area contributed by atoms with E-state index in [0.29, 0.717) is 11.5 Å². The summed E-state index contributed by atoms with van der Waals surface area (Å²) in [6, 6.07) is 11.8. The molecule has 3 aromatic rings. The largest absolute Gasteiger partial charge is 0.456 e. The molecule has 0 bridgehead atoms. The van der Waals surface area contributed by atoms with E-state index in [4.69, 9.17) is 9.47 Å². The predicted octanol–water partition coefficient (Wildman–Crippen LogP) is 4.85. The number of pyridine rings is 1. The van der Waals surface area contributed by atoms with Crippen LogP contribution in [0.5, 0.6) is 0 Å². The number of hydrogen-bond donors (Lipinski definition) is 0. The van der Waals surface area contributed by atoms with Crippen LogP contribution < -0.4 is 0 Å². The SMILES string of the molecule is CC(C)(C)OC(=O)c1cccc(-c2cnn3cc(C4CCOCC4)ccc23)c1. The van der Waals surface area contributed by atoms with Gasteiger partial charge < -0.3 is 9.47 Å². The molecule has 0 amide bonds. The molecule has 0 spiro atoms. The Morgan fingerprint density at radius 1 is 1.18 bits per heavy atom. The van der Waals surface area contributed by atoms with Crippen LogP contribution in [0, 0.1) is 0 Å². The highest BCUT2D eigenvalue weighted by molar-refractivity contribution is 5.92. The maximum absolute atomic E-state index is 12.4. The van der Waals surface area contributed by atoms with E-state index in [1.807, 2.05) is 49.7 Å². The van der Waals surface area contributed by atoms with Crippen molar-refractivity contribution in [2.75, 3.05) is 13.2 Å². The average molecular weight is 378 g/mol. The molecule has 1 aliphatic heterocycles. The van der Waals surface area contributed by atoms with E-state index in [9.17, 15) is 4.79 Å². The van der Waals surface area contributed by atoms with E-state index < -0.39 is 5.60 Å². The lowest BCUT2D eigenvalue weighted by molar-refractivity contribution is 0.00695. The molecular weight excluding hydrogens is 352 g/mol. The van der Waals surface area contributed by atoms with Crippen molar-refractivity contribution in [2.24, 2.45) is 0 Å². The summed E-state index contributed by atoms with van der Waals surface area (Å²) < 4.78 is 12.9. The number of rotatable bonds is 3. The maximum atomic E-state index is 12.4. The third-order valence-electron chi connectivity index (χ3n) is 5.04. The highest BCUT2D eigenvalue weighted by Gasteiger charge is 2.19. The molecule has 0 unspecified atom stereocenters. The molecule has 1 fully saturated rings. The zero-order valence-corrected chi connectivity index (χ0v) is 16.6. The van der Waals surface area contributed by atoms with E-state index in [-0.39, 0.29) is 5.97 Å². The van der Waals surface area contributed by atoms with E-state index in [1.165, 1.54) is 5.56 Å². The molecule has 0 saturated carbocycles. The molecule has 5 nitrogen and oxygen atoms in total. The number of benzene rings is 1. The van der Waals surface area contributed by atoms with Crippen LogP contribution in [0.2, 0.25) is 0 Å². The molecule has 2 aromatic heterocycles. The van der Waals surface area contributed by atoms with Gasteiger partial charge in [0, 0.05) is 25.0 Å². The topological polar surface area (TPSA) is 52.8 Å². The van der Waals surface area contributed by atoms with Gasteiger partial charge in [0.2, 0.25) is 0 Å². The Bertz CT molecular complexity index is 994. The van der Waals surface area contributed by atoms with Crippen molar-refractivity contribution in [3.8, 4) is 11.1 Å². The summed E-state index contributed by atoms with van der Waals surface area (Å²) in [7, 11) is 0. The molecule has 146 valence electrons. The minimum absolute atomic E-state index is 0.312. The first-order valence-corrected chi connectivity index (χ1v) is 9.79. The highest BCUT2D eigenvalue weighted by atomic mass is 16.6. The summed E-state index contributed by atoms with van der Waals surface area (Å²) in [4.78, 5) is 12.4. The number of carbonyl (C=O) groups is 1. The first-order valence-electron chi connectivity index (χ1n) is 9.79. The lowest BCUT2D eigenvalue weighted by Gasteiger charge is -2.22. The molecule has 0 atom stereocenters. The van der Waals surface area contributed by atoms with Crippen LogP contribution in [0.3, 0.4) is 0 Å². The molecule has 0 aliphatic carbocycles. The van der Waals surface area contributed by atoms with Crippen molar-refractivity contribution in [1.29, 1.82) is 0 Å². The van der Waals surface area contributed by atoms with Crippen LogP contribution in [-0.4, -0.2) is 34.4 Å². The monoisotopic (exact) mass is 378 g/mol. The molecule has 0 N–H and O–H groups in total. The smallest absolute Gasteiger partial charge is 0.338 e. The second-order valence-electron chi connectivity index (χ2n) is 8.32. The van der Waals surface area contributed by atoms with Gasteiger partial charge in [0.1, 0.15) is 5.60 Å². The van der Waals surface area contributed by atoms with E-state index in [1.54, 1.807) is 6.07 Å². The number of ether oxygens (including phenoxy) is 2. The Labute approximate surface area is 165 Å². The van der Waals surface area contributed by atoms with Gasteiger partial charge in [0.15, 0.2) is 0 Å². The summed E-state index contributed by atoms with van der Waals surface area (Å²) in [5, 5.41) is 4.55. The van der Waals surface area contributed by atoms with Gasteiger partial charge in [0.05, 0.1) is 17.3 Å². The Morgan fingerprint density at radius 2 is 1.96 bits per heavy atom. The van der Waals surface area contributed by atoms with Crippen LogP contribution in [-0.2, 0) is 9.47 Å². The molecule has 1 aliphatic rings. The van der Waals surface area contributed by atoms with Crippen molar-refractivity contribution >= 4 is 11.5 Å². The lowest BCUT2D eigenvalue weighted by atomic mass is 9.93. The van der Waals surface area contributed by atoms with Crippen LogP contribution in [0.25, 0.3) is 16.6 Å². The van der Waals surface area contributed by atoms with Crippen LogP contribution in [0.15, 0.2) is 48.8 Å². The molecule has 1 aromatic carbocycles. The second-order valence-corrected chi connectivity index (χ2v) is 8.32. The van der Waals surface area contributed by atoms with Gasteiger partial charge in [0.25, 0.3) is 0 Å². The van der Waals surface area contributed by atoms with E-state index in [0.717, 1.165) is 42.7 Å². The van der Waals surface area contributed by atoms with E-state index in [2.05, 4.69) is 23.4 Å². The molecule has 5 heteroatoms. The van der Waals surface area contributed by atoms with Gasteiger partial charge >= 0.3 is 5.97 Å². The number of aromatic nitrogens is 2. The molecule has 0 radical (unpaired) electrons. The van der Waals surface area contributed by atoms with Crippen molar-refractivity contribution in [3.63, 3.8) is 0 Å². The Morgan fingerprint density at radius 3 is 2.71 bits per heavy atom. The van der Waals surface area contributed by atoms with Crippen LogP contribution >= 0.6 is 0 Å². The minimum atomic E-state index is -0.516. The number of fused-ring (bicyclic) bond motifs is 1. The summed E-state index contributed by atoms with van der Waals surface area (Å²) in [5.41, 5.74) is 4.31. The Kier molecular flexibility index (Phi) is 4.94. The first kappa shape index (κ1) is 18.7. The van der Waals surface area contributed by atoms with Crippen molar-refractivity contribution < 1.29 is 14.3 Å². The molecule has 28 heavy (non-hydrogen) atoms. The summed E-state index contributed by atoms with van der Waals surface area (Å²) in [6.45, 7) is 7.26. The first-order chi connectivity index (χ1) is 13.4. The van der Waals surface area contributed by atoms with Gasteiger partial charge in [-0.05, 0) is 68.9 Å². The molecule has 3 heterocycles. The third kappa shape index (κ3) is 3.94. The number of nitrogens with zero attached hydrogens (tertiary/aromatic N) is 2. The highest BCUT2D eigenvalue weighted by Crippen LogP contribution is 2.30. The standard InChI is InChI=1S/C23H26N2O3/c1-23(2,3)28-22(26)18-6-4-5-17(13-18)20-14-24-25-15-19(7-8-21(20)25)16-9-11-27-12-10-16/h4-8,13-16H,9-12H2,1-3H3. The van der Waals surface area contributed by atoms with Crippen molar-refractivity contribution in [1.82, 2.24) is 9.61 Å². The van der Waals surface area contributed by atoms with Gasteiger partial charge in [-0.3, -0.25) is 0 Å². The fraction of sp³-hybridized carbons (Fsp3) is 0.391.